The Balaban J connectivity index is 1.40. The molecule has 0 saturated carbocycles. The molecule has 0 saturated heterocycles. The number of hydrogen-bond donors (Lipinski definition) is 1. The molecule has 0 unspecified atom stereocenters. The van der Waals surface area contributed by atoms with Gasteiger partial charge in [-0.15, -0.1) is 10.2 Å². The summed E-state index contributed by atoms with van der Waals surface area (Å²) in [4.78, 5) is 33.4. The van der Waals surface area contributed by atoms with Crippen molar-refractivity contribution in [1.82, 2.24) is 29.1 Å². The molecule has 0 fully saturated rings. The van der Waals surface area contributed by atoms with E-state index in [0.717, 1.165) is 16.8 Å². The van der Waals surface area contributed by atoms with Gasteiger partial charge in [0.05, 0.1) is 5.52 Å². The van der Waals surface area contributed by atoms with Crippen LogP contribution >= 0.6 is 11.8 Å². The summed E-state index contributed by atoms with van der Waals surface area (Å²) < 4.78 is 3.43. The lowest BCUT2D eigenvalue weighted by Crippen LogP contribution is -2.22. The minimum absolute atomic E-state index is 0.00135. The number of aryl methyl sites for hydroxylation is 2. The van der Waals surface area contributed by atoms with Gasteiger partial charge in [0, 0.05) is 53.8 Å². The Morgan fingerprint density at radius 2 is 1.91 bits per heavy atom. The van der Waals surface area contributed by atoms with Crippen molar-refractivity contribution in [2.45, 2.75) is 31.2 Å². The third-order valence-electron chi connectivity index (χ3n) is 5.78. The van der Waals surface area contributed by atoms with Crippen molar-refractivity contribution in [3.05, 3.63) is 97.6 Å². The Morgan fingerprint density at radius 3 is 2.76 bits per heavy atom. The van der Waals surface area contributed by atoms with E-state index in [9.17, 15) is 9.59 Å². The fourth-order valence-corrected chi connectivity index (χ4v) is 4.75. The Bertz CT molecular complexity index is 1630. The lowest BCUT2D eigenvalue weighted by Gasteiger charge is -2.08. The first-order valence-corrected chi connectivity index (χ1v) is 11.5. The molecule has 0 aliphatic heterocycles. The van der Waals surface area contributed by atoms with Gasteiger partial charge in [0.15, 0.2) is 10.6 Å². The molecule has 0 aliphatic rings. The quantitative estimate of drug-likeness (QED) is 0.406. The zero-order valence-electron chi connectivity index (χ0n) is 18.5. The third kappa shape index (κ3) is 3.84. The van der Waals surface area contributed by atoms with Crippen LogP contribution in [0.2, 0.25) is 0 Å². The van der Waals surface area contributed by atoms with Gasteiger partial charge in [-0.25, -0.2) is 4.98 Å². The number of nitrogens with zero attached hydrogens (tertiary/aromatic N) is 5. The second kappa shape index (κ2) is 8.32. The average Bonchev–Trinajstić information content (AvgIpc) is 3.15. The van der Waals surface area contributed by atoms with Crippen molar-refractivity contribution in [3.63, 3.8) is 0 Å². The number of aromatic amines is 1. The zero-order chi connectivity index (χ0) is 23.1. The topological polar surface area (TPSA) is 97.9 Å². The summed E-state index contributed by atoms with van der Waals surface area (Å²) in [6, 6.07) is 12.8. The minimum atomic E-state index is -0.0978. The molecule has 0 aliphatic carbocycles. The lowest BCUT2D eigenvalue weighted by atomic mass is 10.1. The van der Waals surface area contributed by atoms with Crippen molar-refractivity contribution < 1.29 is 0 Å². The van der Waals surface area contributed by atoms with Crippen molar-refractivity contribution >= 4 is 28.3 Å². The van der Waals surface area contributed by atoms with E-state index in [2.05, 4.69) is 20.2 Å². The first kappa shape index (κ1) is 21.1. The number of H-pyrrole nitrogens is 1. The number of para-hydroxylation sites is 1. The Hall–Kier alpha value is -3.72. The summed E-state index contributed by atoms with van der Waals surface area (Å²) in [5.74, 6) is 1.23. The predicted octanol–water partition coefficient (Wildman–Crippen LogP) is 3.16. The van der Waals surface area contributed by atoms with Crippen LogP contribution in [0.5, 0.6) is 0 Å². The predicted molar refractivity (Wildman–Crippen MR) is 129 cm³/mol. The number of aromatic nitrogens is 6. The van der Waals surface area contributed by atoms with Gasteiger partial charge in [0.1, 0.15) is 11.5 Å². The van der Waals surface area contributed by atoms with Crippen LogP contribution in [-0.4, -0.2) is 29.1 Å². The van der Waals surface area contributed by atoms with Crippen molar-refractivity contribution in [2.24, 2.45) is 7.05 Å². The highest BCUT2D eigenvalue weighted by molar-refractivity contribution is 7.98. The highest BCUT2D eigenvalue weighted by Gasteiger charge is 2.16. The van der Waals surface area contributed by atoms with Crippen molar-refractivity contribution in [1.29, 1.82) is 0 Å². The molecule has 0 spiro atoms. The van der Waals surface area contributed by atoms with E-state index in [-0.39, 0.29) is 11.0 Å². The minimum Gasteiger partial charge on any atom is -0.357 e. The van der Waals surface area contributed by atoms with Crippen LogP contribution in [0.3, 0.4) is 0 Å². The fraction of sp³-hybridized carbons (Fsp3) is 0.208. The fourth-order valence-electron chi connectivity index (χ4n) is 3.91. The monoisotopic (exact) mass is 458 g/mol. The number of fused-ring (bicyclic) bond motifs is 2. The van der Waals surface area contributed by atoms with Gasteiger partial charge in [0.25, 0.3) is 5.56 Å². The van der Waals surface area contributed by atoms with Crippen LogP contribution in [0.1, 0.15) is 28.3 Å². The van der Waals surface area contributed by atoms with Crippen LogP contribution in [0.4, 0.5) is 0 Å². The summed E-state index contributed by atoms with van der Waals surface area (Å²) in [6.07, 6.45) is 2.06. The molecule has 0 radical (unpaired) electrons. The summed E-state index contributed by atoms with van der Waals surface area (Å²) >= 11 is 1.49. The first-order chi connectivity index (χ1) is 15.9. The van der Waals surface area contributed by atoms with Crippen LogP contribution in [0, 0.1) is 13.8 Å². The molecule has 8 nitrogen and oxygen atoms in total. The molecule has 33 heavy (non-hydrogen) atoms. The van der Waals surface area contributed by atoms with E-state index < -0.39 is 0 Å². The van der Waals surface area contributed by atoms with Gasteiger partial charge >= 0.3 is 0 Å². The second-order valence-corrected chi connectivity index (χ2v) is 8.93. The normalized spacial score (nSPS) is 11.5. The van der Waals surface area contributed by atoms with Gasteiger partial charge in [-0.2, -0.15) is 0 Å². The molecule has 0 atom stereocenters. The van der Waals surface area contributed by atoms with Crippen LogP contribution in [-0.2, 0) is 19.2 Å². The maximum atomic E-state index is 13.0. The molecule has 4 aromatic heterocycles. The number of pyridine rings is 2. The van der Waals surface area contributed by atoms with Gasteiger partial charge in [-0.3, -0.25) is 14.0 Å². The Kier molecular flexibility index (Phi) is 5.33. The molecule has 4 heterocycles. The molecule has 1 N–H and O–H groups in total. The van der Waals surface area contributed by atoms with Gasteiger partial charge < -0.3 is 9.55 Å². The lowest BCUT2D eigenvalue weighted by molar-refractivity contribution is 0.743. The molecule has 9 heteroatoms. The average molecular weight is 459 g/mol. The summed E-state index contributed by atoms with van der Waals surface area (Å²) in [7, 11) is 1.88. The molecular formula is C24H22N6O2S. The van der Waals surface area contributed by atoms with Crippen LogP contribution in [0.15, 0.2) is 63.4 Å². The van der Waals surface area contributed by atoms with Crippen molar-refractivity contribution in [3.8, 4) is 0 Å². The van der Waals surface area contributed by atoms with E-state index in [1.165, 1.54) is 11.8 Å². The largest absolute Gasteiger partial charge is 0.357 e. The maximum absolute atomic E-state index is 13.0. The Morgan fingerprint density at radius 1 is 1.06 bits per heavy atom. The van der Waals surface area contributed by atoms with Crippen molar-refractivity contribution in [2.75, 3.05) is 0 Å². The van der Waals surface area contributed by atoms with Gasteiger partial charge in [0.2, 0.25) is 0 Å². The third-order valence-corrected chi connectivity index (χ3v) is 6.85. The smallest absolute Gasteiger partial charge is 0.261 e. The van der Waals surface area contributed by atoms with Gasteiger partial charge in [-0.1, -0.05) is 30.0 Å². The SMILES string of the molecule is Cc1nc2ccccn2c(=O)c1Cc1nnc(SCc2cc(=O)c3cccc(C)c3[nH]2)n1C. The molecule has 5 rings (SSSR count). The van der Waals surface area contributed by atoms with E-state index in [4.69, 9.17) is 0 Å². The van der Waals surface area contributed by atoms with E-state index in [0.29, 0.717) is 45.4 Å². The molecule has 0 bridgehead atoms. The van der Waals surface area contributed by atoms with Gasteiger partial charge in [-0.05, 0) is 37.6 Å². The number of nitrogens with one attached hydrogen (secondary N) is 1. The highest BCUT2D eigenvalue weighted by Crippen LogP contribution is 2.22. The highest BCUT2D eigenvalue weighted by atomic mass is 32.2. The van der Waals surface area contributed by atoms with Crippen LogP contribution < -0.4 is 11.0 Å². The summed E-state index contributed by atoms with van der Waals surface area (Å²) in [6.45, 7) is 3.82. The van der Waals surface area contributed by atoms with E-state index in [1.54, 1.807) is 16.7 Å². The summed E-state index contributed by atoms with van der Waals surface area (Å²) in [5.41, 5.74) is 4.53. The van der Waals surface area contributed by atoms with E-state index in [1.807, 2.05) is 61.9 Å². The molecule has 5 aromatic rings. The standard InChI is InChI=1S/C24H22N6O2S/c1-14-7-6-8-17-19(31)11-16(26-22(14)17)13-33-24-28-27-21(29(24)3)12-18-15(2)25-20-9-4-5-10-30(20)23(18)32/h4-11H,12-13H2,1-3H3,(H,26,31). The second-order valence-electron chi connectivity index (χ2n) is 7.99. The Labute approximate surface area is 193 Å². The molecule has 0 amide bonds. The molecule has 1 aromatic carbocycles. The van der Waals surface area contributed by atoms with Crippen LogP contribution in [0.25, 0.3) is 16.6 Å². The molecular weight excluding hydrogens is 436 g/mol. The van der Waals surface area contributed by atoms with E-state index >= 15 is 0 Å². The maximum Gasteiger partial charge on any atom is 0.261 e. The number of thioether (sulfide) groups is 1. The summed E-state index contributed by atoms with van der Waals surface area (Å²) in [5, 5.41) is 10.0. The zero-order valence-corrected chi connectivity index (χ0v) is 19.3. The first-order valence-electron chi connectivity index (χ1n) is 10.5. The number of benzene rings is 1. The number of rotatable bonds is 5. The number of hydrogen-bond acceptors (Lipinski definition) is 6. The molecule has 166 valence electrons.